The predicted molar refractivity (Wildman–Crippen MR) is 57.8 cm³/mol. The summed E-state index contributed by atoms with van der Waals surface area (Å²) in [7, 11) is 0. The molecule has 2 N–H and O–H groups in total. The Morgan fingerprint density at radius 2 is 2.00 bits per heavy atom. The Kier molecular flexibility index (Phi) is 6.13. The largest absolute Gasteiger partial charge is 0.460 e. The number of hydrogen-bond acceptors (Lipinski definition) is 6. The maximum absolute atomic E-state index is 11.3. The van der Waals surface area contributed by atoms with E-state index in [1.165, 1.54) is 0 Å². The Morgan fingerprint density at radius 3 is 2.38 bits per heavy atom. The molecule has 6 heteroatoms. The second-order valence-corrected chi connectivity index (χ2v) is 4.62. The molecule has 0 aliphatic carbocycles. The molecule has 0 aromatic carbocycles. The molecule has 0 aliphatic rings. The number of nitroso groups, excluding NO2 is 1. The number of nitrogens with zero attached hydrogens (tertiary/aromatic N) is 1. The van der Waals surface area contributed by atoms with Crippen molar-refractivity contribution in [1.29, 1.82) is 0 Å². The van der Waals surface area contributed by atoms with Crippen molar-refractivity contribution < 1.29 is 19.7 Å². The van der Waals surface area contributed by atoms with E-state index in [4.69, 9.17) is 9.84 Å². The fraction of sp³-hybridized carbons (Fsp3) is 0.900. The first-order chi connectivity index (χ1) is 7.28. The number of esters is 1. The summed E-state index contributed by atoms with van der Waals surface area (Å²) in [4.78, 5) is 21.4. The van der Waals surface area contributed by atoms with Crippen LogP contribution in [0, 0.1) is 4.91 Å². The van der Waals surface area contributed by atoms with Crippen LogP contribution in [0.2, 0.25) is 0 Å². The van der Waals surface area contributed by atoms with Crippen molar-refractivity contribution in [2.24, 2.45) is 5.18 Å². The monoisotopic (exact) mass is 233 g/mol. The molecule has 0 bridgehead atoms. The van der Waals surface area contributed by atoms with Crippen LogP contribution in [0.3, 0.4) is 0 Å². The van der Waals surface area contributed by atoms with Crippen LogP contribution < -0.4 is 0 Å². The summed E-state index contributed by atoms with van der Waals surface area (Å²) in [5, 5.41) is 20.7. The molecule has 0 radical (unpaired) electrons. The SMILES string of the molecule is CC(C)(C)OC(=O)C[C@H](O)C[C@@H](CO)N=O. The molecule has 0 amide bonds. The van der Waals surface area contributed by atoms with Gasteiger partial charge in [0.2, 0.25) is 0 Å². The van der Waals surface area contributed by atoms with Gasteiger partial charge in [0.05, 0.1) is 19.1 Å². The first kappa shape index (κ1) is 15.0. The quantitative estimate of drug-likeness (QED) is 0.517. The maximum Gasteiger partial charge on any atom is 0.308 e. The van der Waals surface area contributed by atoms with Gasteiger partial charge in [-0.15, -0.1) is 0 Å². The van der Waals surface area contributed by atoms with Crippen LogP contribution in [-0.4, -0.2) is 40.5 Å². The van der Waals surface area contributed by atoms with E-state index in [9.17, 15) is 14.8 Å². The molecule has 94 valence electrons. The van der Waals surface area contributed by atoms with Crippen molar-refractivity contribution in [3.8, 4) is 0 Å². The number of rotatable bonds is 6. The Bertz CT molecular complexity index is 236. The average Bonchev–Trinajstić information content (AvgIpc) is 2.10. The lowest BCUT2D eigenvalue weighted by atomic mass is 10.1. The van der Waals surface area contributed by atoms with Gasteiger partial charge in [0.25, 0.3) is 0 Å². The summed E-state index contributed by atoms with van der Waals surface area (Å²) in [5.41, 5.74) is -0.601. The van der Waals surface area contributed by atoms with Crippen LogP contribution in [0.15, 0.2) is 5.18 Å². The molecule has 16 heavy (non-hydrogen) atoms. The van der Waals surface area contributed by atoms with Crippen molar-refractivity contribution in [2.75, 3.05) is 6.61 Å². The van der Waals surface area contributed by atoms with E-state index in [-0.39, 0.29) is 12.8 Å². The van der Waals surface area contributed by atoms with E-state index in [0.717, 1.165) is 0 Å². The van der Waals surface area contributed by atoms with Gasteiger partial charge in [0.15, 0.2) is 0 Å². The molecular weight excluding hydrogens is 214 g/mol. The molecule has 0 fully saturated rings. The Hall–Kier alpha value is -1.01. The van der Waals surface area contributed by atoms with E-state index in [0.29, 0.717) is 0 Å². The molecule has 0 aromatic rings. The molecule has 6 nitrogen and oxygen atoms in total. The first-order valence-electron chi connectivity index (χ1n) is 5.11. The summed E-state index contributed by atoms with van der Waals surface area (Å²) in [5.74, 6) is -0.539. The third-order valence-electron chi connectivity index (χ3n) is 1.73. The number of aliphatic hydroxyl groups is 2. The van der Waals surface area contributed by atoms with Gasteiger partial charge >= 0.3 is 5.97 Å². The second-order valence-electron chi connectivity index (χ2n) is 4.62. The smallest absolute Gasteiger partial charge is 0.308 e. The molecule has 0 rings (SSSR count). The molecule has 0 saturated carbocycles. The lowest BCUT2D eigenvalue weighted by Crippen LogP contribution is -2.28. The molecular formula is C10H19NO5. The summed E-state index contributed by atoms with van der Waals surface area (Å²) >= 11 is 0. The molecule has 0 saturated heterocycles. The van der Waals surface area contributed by atoms with Gasteiger partial charge in [0.1, 0.15) is 11.6 Å². The van der Waals surface area contributed by atoms with Crippen molar-refractivity contribution in [3.05, 3.63) is 4.91 Å². The molecule has 0 heterocycles. The van der Waals surface area contributed by atoms with Crippen molar-refractivity contribution in [2.45, 2.75) is 51.4 Å². The maximum atomic E-state index is 11.3. The number of carbonyl (C=O) groups excluding carboxylic acids is 1. The van der Waals surface area contributed by atoms with E-state index < -0.39 is 30.3 Å². The normalized spacial score (nSPS) is 15.3. The highest BCUT2D eigenvalue weighted by Gasteiger charge is 2.21. The number of carbonyl (C=O) groups is 1. The standard InChI is InChI=1S/C10H19NO5/c1-10(2,3)16-9(14)5-8(13)4-7(6-12)11-15/h7-8,12-13H,4-6H2,1-3H3/t7-,8+/m0/s1. The highest BCUT2D eigenvalue weighted by atomic mass is 16.6. The van der Waals surface area contributed by atoms with Gasteiger partial charge in [-0.1, -0.05) is 5.18 Å². The van der Waals surface area contributed by atoms with Crippen LogP contribution in [0.25, 0.3) is 0 Å². The minimum absolute atomic E-state index is 0.0424. The van der Waals surface area contributed by atoms with Crippen molar-refractivity contribution in [1.82, 2.24) is 0 Å². The third kappa shape index (κ3) is 7.30. The lowest BCUT2D eigenvalue weighted by Gasteiger charge is -2.20. The molecule has 0 aliphatic heterocycles. The second kappa shape index (κ2) is 6.55. The number of hydrogen-bond donors (Lipinski definition) is 2. The molecule has 0 spiro atoms. The fourth-order valence-electron chi connectivity index (χ4n) is 1.12. The van der Waals surface area contributed by atoms with Gasteiger partial charge in [-0.05, 0) is 20.8 Å². The van der Waals surface area contributed by atoms with Crippen LogP contribution in [0.5, 0.6) is 0 Å². The molecule has 2 atom stereocenters. The molecule has 0 aromatic heterocycles. The van der Waals surface area contributed by atoms with E-state index in [2.05, 4.69) is 5.18 Å². The van der Waals surface area contributed by atoms with Crippen LogP contribution in [0.4, 0.5) is 0 Å². The van der Waals surface area contributed by atoms with E-state index in [1.807, 2.05) is 0 Å². The minimum atomic E-state index is -1.02. The third-order valence-corrected chi connectivity index (χ3v) is 1.73. The zero-order valence-corrected chi connectivity index (χ0v) is 9.84. The zero-order valence-electron chi connectivity index (χ0n) is 9.84. The van der Waals surface area contributed by atoms with Gasteiger partial charge in [-0.25, -0.2) is 0 Å². The van der Waals surface area contributed by atoms with Crippen molar-refractivity contribution >= 4 is 5.97 Å². The first-order valence-corrected chi connectivity index (χ1v) is 5.11. The summed E-state index contributed by atoms with van der Waals surface area (Å²) in [6.45, 7) is 4.73. The Morgan fingerprint density at radius 1 is 1.44 bits per heavy atom. The summed E-state index contributed by atoms with van der Waals surface area (Å²) in [6, 6.07) is -0.877. The highest BCUT2D eigenvalue weighted by molar-refractivity contribution is 5.70. The van der Waals surface area contributed by atoms with Gasteiger partial charge < -0.3 is 14.9 Å². The van der Waals surface area contributed by atoms with E-state index in [1.54, 1.807) is 20.8 Å². The fourth-order valence-corrected chi connectivity index (χ4v) is 1.12. The number of aliphatic hydroxyl groups excluding tert-OH is 2. The Balaban J connectivity index is 4.00. The van der Waals surface area contributed by atoms with Gasteiger partial charge in [-0.3, -0.25) is 4.79 Å². The summed E-state index contributed by atoms with van der Waals surface area (Å²) < 4.78 is 4.99. The molecule has 0 unspecified atom stereocenters. The topological polar surface area (TPSA) is 96.2 Å². The Labute approximate surface area is 94.6 Å². The van der Waals surface area contributed by atoms with Gasteiger partial charge in [-0.2, -0.15) is 4.91 Å². The van der Waals surface area contributed by atoms with Crippen LogP contribution in [-0.2, 0) is 9.53 Å². The van der Waals surface area contributed by atoms with Gasteiger partial charge in [0, 0.05) is 6.42 Å². The summed E-state index contributed by atoms with van der Waals surface area (Å²) in [6.07, 6.45) is -1.27. The lowest BCUT2D eigenvalue weighted by molar-refractivity contribution is -0.157. The zero-order chi connectivity index (χ0) is 12.8. The van der Waals surface area contributed by atoms with Crippen molar-refractivity contribution in [3.63, 3.8) is 0 Å². The highest BCUT2D eigenvalue weighted by Crippen LogP contribution is 2.11. The number of ether oxygens (including phenoxy) is 1. The minimum Gasteiger partial charge on any atom is -0.460 e. The van der Waals surface area contributed by atoms with E-state index >= 15 is 0 Å². The van der Waals surface area contributed by atoms with Crippen LogP contribution >= 0.6 is 0 Å². The average molecular weight is 233 g/mol. The predicted octanol–water partition coefficient (Wildman–Crippen LogP) is 0.596. The van der Waals surface area contributed by atoms with Crippen LogP contribution in [0.1, 0.15) is 33.6 Å².